The zero-order chi connectivity index (χ0) is 9.38. The molecule has 2 atom stereocenters. The maximum absolute atomic E-state index is 3.92. The average Bonchev–Trinajstić information content (AvgIpc) is 2.46. The Bertz CT molecular complexity index is 183. The highest BCUT2D eigenvalue weighted by atomic mass is 15.0. The van der Waals surface area contributed by atoms with Gasteiger partial charge in [0, 0.05) is 12.1 Å². The van der Waals surface area contributed by atoms with Crippen LogP contribution in [0.25, 0.3) is 0 Å². The van der Waals surface area contributed by atoms with Gasteiger partial charge < -0.3 is 5.32 Å². The smallest absolute Gasteiger partial charge is 0.00751 e. The summed E-state index contributed by atoms with van der Waals surface area (Å²) in [6.07, 6.45) is 13.4. The van der Waals surface area contributed by atoms with E-state index in [1.165, 1.54) is 57.8 Å². The second-order valence-electron chi connectivity index (χ2n) is 5.77. The lowest BCUT2D eigenvalue weighted by atomic mass is 9.77. The maximum atomic E-state index is 3.92. The van der Waals surface area contributed by atoms with Gasteiger partial charge in [-0.1, -0.05) is 19.3 Å². The molecule has 0 radical (unpaired) electrons. The molecule has 0 bridgehead atoms. The Kier molecular flexibility index (Phi) is 2.53. The highest BCUT2D eigenvalue weighted by molar-refractivity contribution is 4.95. The molecule has 0 aromatic rings. The van der Waals surface area contributed by atoms with Crippen LogP contribution in [-0.4, -0.2) is 12.1 Å². The van der Waals surface area contributed by atoms with Gasteiger partial charge in [0.15, 0.2) is 0 Å². The van der Waals surface area contributed by atoms with Gasteiger partial charge in [-0.3, -0.25) is 0 Å². The normalized spacial score (nSPS) is 43.3. The van der Waals surface area contributed by atoms with E-state index in [2.05, 4.69) is 5.32 Å². The molecular formula is C13H23N. The van der Waals surface area contributed by atoms with Gasteiger partial charge in [0.05, 0.1) is 0 Å². The highest BCUT2D eigenvalue weighted by Crippen LogP contribution is 2.46. The van der Waals surface area contributed by atoms with Crippen LogP contribution in [0.4, 0.5) is 0 Å². The van der Waals surface area contributed by atoms with Crippen LogP contribution in [0.15, 0.2) is 0 Å². The van der Waals surface area contributed by atoms with Crippen LogP contribution in [0.3, 0.4) is 0 Å². The first-order valence-corrected chi connectivity index (χ1v) is 6.68. The summed E-state index contributed by atoms with van der Waals surface area (Å²) in [4.78, 5) is 0. The monoisotopic (exact) mass is 193 g/mol. The summed E-state index contributed by atoms with van der Waals surface area (Å²) in [5.74, 6) is 2.24. The third-order valence-corrected chi connectivity index (χ3v) is 4.83. The average molecular weight is 193 g/mol. The first-order valence-electron chi connectivity index (χ1n) is 6.68. The summed E-state index contributed by atoms with van der Waals surface area (Å²) in [6.45, 7) is 0. The fourth-order valence-electron chi connectivity index (χ4n) is 3.82. The summed E-state index contributed by atoms with van der Waals surface area (Å²) < 4.78 is 0. The number of hydrogen-bond acceptors (Lipinski definition) is 1. The van der Waals surface area contributed by atoms with Crippen LogP contribution >= 0.6 is 0 Å². The predicted molar refractivity (Wildman–Crippen MR) is 59.2 cm³/mol. The summed E-state index contributed by atoms with van der Waals surface area (Å²) in [5.41, 5.74) is 0. The lowest BCUT2D eigenvalue weighted by molar-refractivity contribution is 0.219. The van der Waals surface area contributed by atoms with Crippen molar-refractivity contribution in [3.05, 3.63) is 0 Å². The van der Waals surface area contributed by atoms with E-state index in [1.807, 2.05) is 0 Å². The molecule has 0 aliphatic heterocycles. The Balaban J connectivity index is 1.47. The van der Waals surface area contributed by atoms with Crippen LogP contribution in [0.2, 0.25) is 0 Å². The van der Waals surface area contributed by atoms with Crippen LogP contribution < -0.4 is 5.32 Å². The SMILES string of the molecule is C1CCC(NC2CC3CCC3C2)CC1. The first kappa shape index (κ1) is 9.21. The van der Waals surface area contributed by atoms with Crippen molar-refractivity contribution >= 4 is 0 Å². The first-order chi connectivity index (χ1) is 6.92. The summed E-state index contributed by atoms with van der Waals surface area (Å²) >= 11 is 0. The highest BCUT2D eigenvalue weighted by Gasteiger charge is 2.40. The molecule has 14 heavy (non-hydrogen) atoms. The van der Waals surface area contributed by atoms with Crippen molar-refractivity contribution in [2.24, 2.45) is 11.8 Å². The number of fused-ring (bicyclic) bond motifs is 1. The van der Waals surface area contributed by atoms with E-state index in [4.69, 9.17) is 0 Å². The third kappa shape index (κ3) is 1.71. The molecule has 0 amide bonds. The minimum atomic E-state index is 0.881. The van der Waals surface area contributed by atoms with Crippen molar-refractivity contribution in [3.63, 3.8) is 0 Å². The van der Waals surface area contributed by atoms with Crippen molar-refractivity contribution in [2.75, 3.05) is 0 Å². The molecule has 0 aromatic carbocycles. The fraction of sp³-hybridized carbons (Fsp3) is 1.00. The molecule has 0 spiro atoms. The summed E-state index contributed by atoms with van der Waals surface area (Å²) in [5, 5.41) is 3.92. The minimum absolute atomic E-state index is 0.881. The van der Waals surface area contributed by atoms with E-state index in [9.17, 15) is 0 Å². The van der Waals surface area contributed by atoms with Gasteiger partial charge in [-0.25, -0.2) is 0 Å². The lowest BCUT2D eigenvalue weighted by Gasteiger charge is -2.29. The van der Waals surface area contributed by atoms with Gasteiger partial charge in [0.1, 0.15) is 0 Å². The van der Waals surface area contributed by atoms with Gasteiger partial charge in [-0.05, 0) is 50.4 Å². The van der Waals surface area contributed by atoms with E-state index in [0.717, 1.165) is 23.9 Å². The molecule has 0 saturated heterocycles. The number of rotatable bonds is 2. The van der Waals surface area contributed by atoms with E-state index >= 15 is 0 Å². The minimum Gasteiger partial charge on any atom is -0.311 e. The predicted octanol–water partition coefficient (Wildman–Crippen LogP) is 3.10. The Labute approximate surface area is 87.7 Å². The second-order valence-corrected chi connectivity index (χ2v) is 5.77. The Morgan fingerprint density at radius 1 is 0.643 bits per heavy atom. The largest absolute Gasteiger partial charge is 0.311 e. The number of hydrogen-bond donors (Lipinski definition) is 1. The molecule has 2 unspecified atom stereocenters. The van der Waals surface area contributed by atoms with E-state index in [-0.39, 0.29) is 0 Å². The van der Waals surface area contributed by atoms with Crippen molar-refractivity contribution in [2.45, 2.75) is 69.9 Å². The molecular weight excluding hydrogens is 170 g/mol. The molecule has 3 fully saturated rings. The molecule has 3 rings (SSSR count). The van der Waals surface area contributed by atoms with E-state index in [1.54, 1.807) is 0 Å². The molecule has 1 nitrogen and oxygen atoms in total. The van der Waals surface area contributed by atoms with Gasteiger partial charge in [-0.2, -0.15) is 0 Å². The quantitative estimate of drug-likeness (QED) is 0.710. The molecule has 80 valence electrons. The van der Waals surface area contributed by atoms with E-state index in [0.29, 0.717) is 0 Å². The lowest BCUT2D eigenvalue weighted by Crippen LogP contribution is -2.38. The third-order valence-electron chi connectivity index (χ3n) is 4.83. The Morgan fingerprint density at radius 3 is 1.86 bits per heavy atom. The molecule has 3 aliphatic carbocycles. The van der Waals surface area contributed by atoms with Crippen molar-refractivity contribution in [1.82, 2.24) is 5.32 Å². The van der Waals surface area contributed by atoms with Crippen LogP contribution in [-0.2, 0) is 0 Å². The van der Waals surface area contributed by atoms with E-state index < -0.39 is 0 Å². The van der Waals surface area contributed by atoms with Gasteiger partial charge >= 0.3 is 0 Å². The van der Waals surface area contributed by atoms with Crippen molar-refractivity contribution in [3.8, 4) is 0 Å². The van der Waals surface area contributed by atoms with Gasteiger partial charge in [0.2, 0.25) is 0 Å². The molecule has 0 aromatic heterocycles. The summed E-state index contributed by atoms with van der Waals surface area (Å²) in [6, 6.07) is 1.78. The van der Waals surface area contributed by atoms with Crippen molar-refractivity contribution in [1.29, 1.82) is 0 Å². The van der Waals surface area contributed by atoms with Crippen LogP contribution in [0.5, 0.6) is 0 Å². The van der Waals surface area contributed by atoms with Gasteiger partial charge in [0.25, 0.3) is 0 Å². The fourth-order valence-corrected chi connectivity index (χ4v) is 3.82. The standard InChI is InChI=1S/C13H23N/c1-2-4-12(5-3-1)14-13-8-10-6-7-11(10)9-13/h10-14H,1-9H2. The molecule has 1 N–H and O–H groups in total. The van der Waals surface area contributed by atoms with Crippen LogP contribution in [0, 0.1) is 11.8 Å². The summed E-state index contributed by atoms with van der Waals surface area (Å²) in [7, 11) is 0. The Hall–Kier alpha value is -0.0400. The molecule has 3 aliphatic rings. The van der Waals surface area contributed by atoms with Gasteiger partial charge in [-0.15, -0.1) is 0 Å². The number of nitrogens with one attached hydrogen (secondary N) is 1. The Morgan fingerprint density at radius 2 is 1.29 bits per heavy atom. The topological polar surface area (TPSA) is 12.0 Å². The molecule has 0 heterocycles. The van der Waals surface area contributed by atoms with Crippen molar-refractivity contribution < 1.29 is 0 Å². The second kappa shape index (κ2) is 3.84. The maximum Gasteiger partial charge on any atom is 0.00751 e. The zero-order valence-electron chi connectivity index (χ0n) is 9.17. The van der Waals surface area contributed by atoms with Crippen LogP contribution in [0.1, 0.15) is 57.8 Å². The molecule has 3 saturated carbocycles. The zero-order valence-corrected chi connectivity index (χ0v) is 9.17. The molecule has 1 heteroatoms.